The summed E-state index contributed by atoms with van der Waals surface area (Å²) in [7, 11) is 0. The van der Waals surface area contributed by atoms with Crippen LogP contribution in [-0.4, -0.2) is 18.6 Å². The highest BCUT2D eigenvalue weighted by atomic mass is 79.9. The lowest BCUT2D eigenvalue weighted by molar-refractivity contribution is 0.990. The number of thioether (sulfide) groups is 1. The van der Waals surface area contributed by atoms with Crippen LogP contribution in [0.15, 0.2) is 21.1 Å². The molecule has 0 amide bonds. The van der Waals surface area contributed by atoms with Gasteiger partial charge in [-0.15, -0.1) is 0 Å². The van der Waals surface area contributed by atoms with E-state index >= 15 is 0 Å². The molecule has 1 rings (SSSR count). The lowest BCUT2D eigenvalue weighted by Gasteiger charge is -2.11. The summed E-state index contributed by atoms with van der Waals surface area (Å²) in [6, 6.07) is 4.25. The van der Waals surface area contributed by atoms with E-state index in [-0.39, 0.29) is 0 Å². The monoisotopic (exact) mass is 351 g/mol. The van der Waals surface area contributed by atoms with Crippen LogP contribution in [0, 0.1) is 6.92 Å². The molecule has 0 heterocycles. The van der Waals surface area contributed by atoms with E-state index in [1.807, 2.05) is 11.8 Å². The molecule has 0 saturated carbocycles. The van der Waals surface area contributed by atoms with E-state index in [2.05, 4.69) is 62.5 Å². The molecule has 15 heavy (non-hydrogen) atoms. The number of halogens is 2. The number of aryl methyl sites for hydroxylation is 1. The Morgan fingerprint density at radius 3 is 2.40 bits per heavy atom. The molecule has 1 N–H and O–H groups in total. The first-order chi connectivity index (χ1) is 7.15. The van der Waals surface area contributed by atoms with Gasteiger partial charge in [0.1, 0.15) is 0 Å². The van der Waals surface area contributed by atoms with Gasteiger partial charge < -0.3 is 5.32 Å². The third-order valence-electron chi connectivity index (χ3n) is 2.01. The van der Waals surface area contributed by atoms with Crippen LogP contribution in [0.1, 0.15) is 12.0 Å². The van der Waals surface area contributed by atoms with Gasteiger partial charge >= 0.3 is 0 Å². The third-order valence-corrected chi connectivity index (χ3v) is 3.96. The first-order valence-corrected chi connectivity index (χ1v) is 7.81. The van der Waals surface area contributed by atoms with Crippen LogP contribution < -0.4 is 5.32 Å². The number of rotatable bonds is 5. The van der Waals surface area contributed by atoms with Crippen molar-refractivity contribution in [1.29, 1.82) is 0 Å². The van der Waals surface area contributed by atoms with Crippen molar-refractivity contribution >= 4 is 49.3 Å². The molecule has 0 unspecified atom stereocenters. The van der Waals surface area contributed by atoms with Crippen LogP contribution in [0.3, 0.4) is 0 Å². The number of hydrogen-bond acceptors (Lipinski definition) is 2. The van der Waals surface area contributed by atoms with E-state index in [1.54, 1.807) is 0 Å². The molecule has 0 aliphatic heterocycles. The number of anilines is 1. The van der Waals surface area contributed by atoms with Crippen LogP contribution in [-0.2, 0) is 0 Å². The highest BCUT2D eigenvalue weighted by Gasteiger charge is 2.04. The lowest BCUT2D eigenvalue weighted by atomic mass is 10.2. The van der Waals surface area contributed by atoms with Crippen molar-refractivity contribution in [1.82, 2.24) is 0 Å². The van der Waals surface area contributed by atoms with Crippen molar-refractivity contribution in [3.05, 3.63) is 26.6 Å². The second-order valence-electron chi connectivity index (χ2n) is 3.38. The quantitative estimate of drug-likeness (QED) is 0.772. The molecule has 0 aromatic heterocycles. The molecular formula is C11H15Br2NS. The molecule has 1 aromatic carbocycles. The minimum Gasteiger partial charge on any atom is -0.383 e. The maximum Gasteiger partial charge on any atom is 0.0629 e. The summed E-state index contributed by atoms with van der Waals surface area (Å²) >= 11 is 9.02. The summed E-state index contributed by atoms with van der Waals surface area (Å²) in [6.45, 7) is 3.11. The van der Waals surface area contributed by atoms with E-state index in [0.717, 1.165) is 21.2 Å². The lowest BCUT2D eigenvalue weighted by Crippen LogP contribution is -2.04. The molecule has 1 aromatic rings. The summed E-state index contributed by atoms with van der Waals surface area (Å²) in [5, 5.41) is 3.44. The fraction of sp³-hybridized carbons (Fsp3) is 0.455. The Morgan fingerprint density at radius 1 is 1.27 bits per heavy atom. The average molecular weight is 353 g/mol. The van der Waals surface area contributed by atoms with Crippen molar-refractivity contribution < 1.29 is 0 Å². The standard InChI is InChI=1S/C11H15Br2NS/c1-8-6-9(12)11(10(13)7-8)14-4-3-5-15-2/h6-7,14H,3-5H2,1-2H3. The summed E-state index contributed by atoms with van der Waals surface area (Å²) in [6.07, 6.45) is 3.33. The zero-order valence-electron chi connectivity index (χ0n) is 8.94. The Hall–Kier alpha value is 0.330. The molecule has 0 aliphatic rings. The van der Waals surface area contributed by atoms with Gasteiger partial charge in [0.15, 0.2) is 0 Å². The van der Waals surface area contributed by atoms with Gasteiger partial charge in [-0.2, -0.15) is 11.8 Å². The Kier molecular flexibility index (Phi) is 6.09. The van der Waals surface area contributed by atoms with E-state index in [0.29, 0.717) is 0 Å². The van der Waals surface area contributed by atoms with Crippen molar-refractivity contribution in [2.75, 3.05) is 23.9 Å². The van der Waals surface area contributed by atoms with E-state index in [4.69, 9.17) is 0 Å². The molecule has 0 fully saturated rings. The van der Waals surface area contributed by atoms with E-state index in [9.17, 15) is 0 Å². The molecule has 0 bridgehead atoms. The third kappa shape index (κ3) is 4.37. The van der Waals surface area contributed by atoms with Gasteiger partial charge in [-0.05, 0) is 74.9 Å². The maximum atomic E-state index is 3.57. The SMILES string of the molecule is CSCCCNc1c(Br)cc(C)cc1Br. The molecule has 0 spiro atoms. The Balaban J connectivity index is 2.60. The largest absolute Gasteiger partial charge is 0.383 e. The highest BCUT2D eigenvalue weighted by molar-refractivity contribution is 9.11. The average Bonchev–Trinajstić information content (AvgIpc) is 2.15. The molecule has 4 heteroatoms. The molecule has 0 atom stereocenters. The van der Waals surface area contributed by atoms with Crippen LogP contribution >= 0.6 is 43.6 Å². The molecule has 0 radical (unpaired) electrons. The summed E-state index contributed by atoms with van der Waals surface area (Å²) < 4.78 is 2.25. The Bertz CT molecular complexity index is 305. The van der Waals surface area contributed by atoms with Crippen LogP contribution in [0.25, 0.3) is 0 Å². The smallest absolute Gasteiger partial charge is 0.0629 e. The van der Waals surface area contributed by atoms with Crippen LogP contribution in [0.2, 0.25) is 0 Å². The minimum atomic E-state index is 1.01. The first kappa shape index (κ1) is 13.4. The molecule has 1 nitrogen and oxygen atoms in total. The Labute approximate surface area is 113 Å². The van der Waals surface area contributed by atoms with Gasteiger partial charge in [-0.25, -0.2) is 0 Å². The summed E-state index contributed by atoms with van der Waals surface area (Å²) in [4.78, 5) is 0. The minimum absolute atomic E-state index is 1.01. The fourth-order valence-electron chi connectivity index (χ4n) is 1.30. The van der Waals surface area contributed by atoms with Gasteiger partial charge in [-0.1, -0.05) is 0 Å². The van der Waals surface area contributed by atoms with Crippen molar-refractivity contribution in [2.45, 2.75) is 13.3 Å². The predicted molar refractivity (Wildman–Crippen MR) is 78.1 cm³/mol. The van der Waals surface area contributed by atoms with E-state index < -0.39 is 0 Å². The zero-order valence-corrected chi connectivity index (χ0v) is 12.9. The maximum absolute atomic E-state index is 3.57. The number of nitrogens with one attached hydrogen (secondary N) is 1. The van der Waals surface area contributed by atoms with Crippen molar-refractivity contribution in [3.63, 3.8) is 0 Å². The summed E-state index contributed by atoms with van der Waals surface area (Å²) in [5.74, 6) is 1.20. The van der Waals surface area contributed by atoms with Crippen molar-refractivity contribution in [2.24, 2.45) is 0 Å². The highest BCUT2D eigenvalue weighted by Crippen LogP contribution is 2.32. The second kappa shape index (κ2) is 6.81. The molecule has 84 valence electrons. The second-order valence-corrected chi connectivity index (χ2v) is 6.07. The fourth-order valence-corrected chi connectivity index (χ4v) is 3.43. The van der Waals surface area contributed by atoms with Gasteiger partial charge in [0.25, 0.3) is 0 Å². The molecule has 0 aliphatic carbocycles. The zero-order chi connectivity index (χ0) is 11.3. The molecular weight excluding hydrogens is 338 g/mol. The van der Waals surface area contributed by atoms with Crippen molar-refractivity contribution in [3.8, 4) is 0 Å². The number of hydrogen-bond donors (Lipinski definition) is 1. The molecule has 0 saturated heterocycles. The number of benzene rings is 1. The summed E-state index contributed by atoms with van der Waals surface area (Å²) in [5.41, 5.74) is 2.41. The van der Waals surface area contributed by atoms with Crippen LogP contribution in [0.5, 0.6) is 0 Å². The Morgan fingerprint density at radius 2 is 1.87 bits per heavy atom. The van der Waals surface area contributed by atoms with Crippen LogP contribution in [0.4, 0.5) is 5.69 Å². The van der Waals surface area contributed by atoms with Gasteiger partial charge in [0.2, 0.25) is 0 Å². The van der Waals surface area contributed by atoms with Gasteiger partial charge in [-0.3, -0.25) is 0 Å². The predicted octanol–water partition coefficient (Wildman–Crippen LogP) is 4.69. The topological polar surface area (TPSA) is 12.0 Å². The van der Waals surface area contributed by atoms with Gasteiger partial charge in [0.05, 0.1) is 5.69 Å². The van der Waals surface area contributed by atoms with Gasteiger partial charge in [0, 0.05) is 15.5 Å². The van der Waals surface area contributed by atoms with E-state index in [1.165, 1.54) is 17.7 Å². The first-order valence-electron chi connectivity index (χ1n) is 4.83. The normalized spacial score (nSPS) is 10.4.